The molecular formula is C20H37N3O5S. The number of hydrogen-bond donors (Lipinski definition) is 5. The Morgan fingerprint density at radius 1 is 1.24 bits per heavy atom. The van der Waals surface area contributed by atoms with Gasteiger partial charge < -0.3 is 30.7 Å². The second kappa shape index (κ2) is 10.3. The smallest absolute Gasteiger partial charge is 0.237 e. The van der Waals surface area contributed by atoms with Crippen LogP contribution in [0.4, 0.5) is 0 Å². The van der Waals surface area contributed by atoms with Gasteiger partial charge in [-0.3, -0.25) is 9.69 Å². The van der Waals surface area contributed by atoms with Crippen LogP contribution in [0.25, 0.3) is 0 Å². The van der Waals surface area contributed by atoms with Crippen molar-refractivity contribution in [2.24, 2.45) is 5.92 Å². The van der Waals surface area contributed by atoms with Gasteiger partial charge in [-0.2, -0.15) is 0 Å². The summed E-state index contributed by atoms with van der Waals surface area (Å²) in [4.78, 5) is 15.2. The number of nitrogens with one attached hydrogen (secondary N) is 2. The van der Waals surface area contributed by atoms with Gasteiger partial charge in [0.25, 0.3) is 0 Å². The number of ether oxygens (including phenoxy) is 1. The van der Waals surface area contributed by atoms with Gasteiger partial charge in [-0.1, -0.05) is 13.3 Å². The Labute approximate surface area is 177 Å². The zero-order valence-electron chi connectivity index (χ0n) is 17.7. The minimum absolute atomic E-state index is 0.0641. The van der Waals surface area contributed by atoms with Gasteiger partial charge in [0.15, 0.2) is 0 Å². The van der Waals surface area contributed by atoms with Gasteiger partial charge in [0.05, 0.1) is 12.1 Å². The van der Waals surface area contributed by atoms with Gasteiger partial charge in [0.2, 0.25) is 5.91 Å². The maximum atomic E-state index is 13.1. The first-order valence-electron chi connectivity index (χ1n) is 10.8. The van der Waals surface area contributed by atoms with Crippen molar-refractivity contribution in [3.8, 4) is 0 Å². The van der Waals surface area contributed by atoms with Crippen LogP contribution in [-0.2, 0) is 9.53 Å². The summed E-state index contributed by atoms with van der Waals surface area (Å²) >= 11 is 1.28. The number of hydrogen-bond acceptors (Lipinski definition) is 8. The lowest BCUT2D eigenvalue weighted by atomic mass is 9.94. The molecule has 168 valence electrons. The molecule has 0 spiro atoms. The largest absolute Gasteiger partial charge is 0.388 e. The van der Waals surface area contributed by atoms with Gasteiger partial charge in [0, 0.05) is 19.1 Å². The molecule has 2 heterocycles. The van der Waals surface area contributed by atoms with Crippen molar-refractivity contribution in [2.75, 3.05) is 26.4 Å². The first-order chi connectivity index (χ1) is 13.8. The molecule has 3 unspecified atom stereocenters. The van der Waals surface area contributed by atoms with Crippen molar-refractivity contribution in [3.63, 3.8) is 0 Å². The molecule has 29 heavy (non-hydrogen) atoms. The van der Waals surface area contributed by atoms with E-state index in [0.29, 0.717) is 18.5 Å². The van der Waals surface area contributed by atoms with Crippen molar-refractivity contribution >= 4 is 17.7 Å². The normalized spacial score (nSPS) is 39.4. The van der Waals surface area contributed by atoms with Crippen molar-refractivity contribution in [2.45, 2.75) is 87.0 Å². The summed E-state index contributed by atoms with van der Waals surface area (Å²) in [5.74, 6) is 0.462. The molecule has 1 aliphatic carbocycles. The Hall–Kier alpha value is -0.420. The number of aliphatic hydroxyl groups is 3. The third kappa shape index (κ3) is 5.64. The lowest BCUT2D eigenvalue weighted by Crippen LogP contribution is -2.65. The molecule has 0 aromatic heterocycles. The Morgan fingerprint density at radius 2 is 1.97 bits per heavy atom. The van der Waals surface area contributed by atoms with E-state index >= 15 is 0 Å². The van der Waals surface area contributed by atoms with Gasteiger partial charge in [-0.05, 0) is 44.9 Å². The highest BCUT2D eigenvalue weighted by molar-refractivity contribution is 7.99. The lowest BCUT2D eigenvalue weighted by Gasteiger charge is -2.43. The van der Waals surface area contributed by atoms with Gasteiger partial charge in [-0.15, -0.1) is 11.8 Å². The zero-order valence-corrected chi connectivity index (χ0v) is 18.5. The van der Waals surface area contributed by atoms with Crippen LogP contribution in [0, 0.1) is 5.92 Å². The first-order valence-corrected chi connectivity index (χ1v) is 12.1. The molecule has 0 bridgehead atoms. The summed E-state index contributed by atoms with van der Waals surface area (Å²) in [7, 11) is 1.98. The minimum atomic E-state index is -1.31. The summed E-state index contributed by atoms with van der Waals surface area (Å²) < 4.78 is 5.93. The van der Waals surface area contributed by atoms with Gasteiger partial charge in [0.1, 0.15) is 29.9 Å². The molecule has 0 aromatic rings. The molecule has 1 saturated carbocycles. The zero-order chi connectivity index (χ0) is 21.1. The summed E-state index contributed by atoms with van der Waals surface area (Å²) in [6.07, 6.45) is 2.52. The molecule has 0 aromatic carbocycles. The number of likely N-dealkylation sites (N-methyl/N-ethyl adjacent to an activating group) is 1. The van der Waals surface area contributed by atoms with Crippen LogP contribution in [0.2, 0.25) is 0 Å². The van der Waals surface area contributed by atoms with Crippen molar-refractivity contribution in [1.82, 2.24) is 15.5 Å². The molecule has 2 aliphatic heterocycles. The Balaban J connectivity index is 1.68. The van der Waals surface area contributed by atoms with E-state index in [0.717, 1.165) is 38.6 Å². The van der Waals surface area contributed by atoms with E-state index in [4.69, 9.17) is 4.74 Å². The van der Waals surface area contributed by atoms with E-state index in [2.05, 4.69) is 22.5 Å². The average molecular weight is 432 g/mol. The molecule has 3 aliphatic rings. The molecule has 2 saturated heterocycles. The third-order valence-corrected chi connectivity index (χ3v) is 7.26. The summed E-state index contributed by atoms with van der Waals surface area (Å²) in [6.45, 7) is 3.53. The molecule has 8 nitrogen and oxygen atoms in total. The topological polar surface area (TPSA) is 114 Å². The number of carbonyl (C=O) groups is 1. The van der Waals surface area contributed by atoms with Crippen LogP contribution in [0.1, 0.15) is 39.0 Å². The monoisotopic (exact) mass is 431 g/mol. The molecule has 1 amide bonds. The predicted octanol–water partition coefficient (Wildman–Crippen LogP) is -0.486. The van der Waals surface area contributed by atoms with Crippen molar-refractivity contribution < 1.29 is 24.9 Å². The SMILES string of the molecule is CCC[C@@H]1C[C@@H](C(=O)N[C@H](CNC2CC2)[C@H]2OC(SC)[C@H](O)C(O)C2O)N(C)C1. The fraction of sp³-hybridized carbons (Fsp3) is 0.950. The Bertz CT molecular complexity index is 550. The molecule has 0 radical (unpaired) electrons. The van der Waals surface area contributed by atoms with E-state index in [-0.39, 0.29) is 11.9 Å². The fourth-order valence-corrected chi connectivity index (χ4v) is 5.22. The average Bonchev–Trinajstić information content (AvgIpc) is 3.45. The molecule has 8 atom stereocenters. The van der Waals surface area contributed by atoms with Gasteiger partial charge in [-0.25, -0.2) is 0 Å². The maximum absolute atomic E-state index is 13.1. The standard InChI is InChI=1S/C20H37N3O5S/c1-4-5-11-8-14(23(2)10-11)19(27)22-13(9-21-12-6-7-12)18-16(25)15(24)17(26)20(28-18)29-3/h11-18,20-21,24-26H,4-10H2,1-3H3,(H,22,27)/t11-,13-,14+,15?,16?,17-,18-,20?/m1/s1. The number of likely N-dealkylation sites (tertiary alicyclic amines) is 1. The number of carbonyl (C=O) groups excluding carboxylic acids is 1. The summed E-state index contributed by atoms with van der Waals surface area (Å²) in [5, 5.41) is 37.5. The number of thioether (sulfide) groups is 1. The van der Waals surface area contributed by atoms with Crippen LogP contribution in [0.15, 0.2) is 0 Å². The van der Waals surface area contributed by atoms with E-state index in [1.807, 2.05) is 7.05 Å². The van der Waals surface area contributed by atoms with Crippen molar-refractivity contribution in [3.05, 3.63) is 0 Å². The van der Waals surface area contributed by atoms with Crippen LogP contribution in [-0.4, -0.2) is 100 Å². The highest BCUT2D eigenvalue weighted by atomic mass is 32.2. The Kier molecular flexibility index (Phi) is 8.22. The number of amides is 1. The molecule has 3 rings (SSSR count). The molecule has 3 fully saturated rings. The van der Waals surface area contributed by atoms with Crippen molar-refractivity contribution in [1.29, 1.82) is 0 Å². The summed E-state index contributed by atoms with van der Waals surface area (Å²) in [5.41, 5.74) is -0.651. The minimum Gasteiger partial charge on any atom is -0.388 e. The number of aliphatic hydroxyl groups excluding tert-OH is 3. The van der Waals surface area contributed by atoms with E-state index in [1.165, 1.54) is 11.8 Å². The highest BCUT2D eigenvalue weighted by Gasteiger charge is 2.47. The summed E-state index contributed by atoms with van der Waals surface area (Å²) in [6, 6.07) is -0.249. The van der Waals surface area contributed by atoms with E-state index in [9.17, 15) is 20.1 Å². The number of rotatable bonds is 9. The predicted molar refractivity (Wildman–Crippen MR) is 113 cm³/mol. The quantitative estimate of drug-likeness (QED) is 0.332. The van der Waals surface area contributed by atoms with Crippen LogP contribution in [0.3, 0.4) is 0 Å². The number of nitrogens with zero attached hydrogens (tertiary/aromatic N) is 1. The second-order valence-corrected chi connectivity index (χ2v) is 9.76. The van der Waals surface area contributed by atoms with Crippen LogP contribution in [0.5, 0.6) is 0 Å². The Morgan fingerprint density at radius 3 is 2.59 bits per heavy atom. The van der Waals surface area contributed by atoms with Crippen LogP contribution >= 0.6 is 11.8 Å². The maximum Gasteiger partial charge on any atom is 0.237 e. The lowest BCUT2D eigenvalue weighted by molar-refractivity contribution is -0.205. The first kappa shape index (κ1) is 23.2. The van der Waals surface area contributed by atoms with Crippen LogP contribution < -0.4 is 10.6 Å². The molecular weight excluding hydrogens is 394 g/mol. The van der Waals surface area contributed by atoms with E-state index < -0.39 is 35.9 Å². The third-order valence-electron chi connectivity index (χ3n) is 6.40. The highest BCUT2D eigenvalue weighted by Crippen LogP contribution is 2.30. The molecule has 9 heteroatoms. The van der Waals surface area contributed by atoms with E-state index in [1.54, 1.807) is 6.26 Å². The second-order valence-electron chi connectivity index (χ2n) is 8.82. The van der Waals surface area contributed by atoms with Gasteiger partial charge >= 0.3 is 0 Å². The molecule has 5 N–H and O–H groups in total. The fourth-order valence-electron chi connectivity index (χ4n) is 4.54.